The number of ether oxygens (including phenoxy) is 1. The Bertz CT molecular complexity index is 1320. The molecule has 174 valence electrons. The fourth-order valence-electron chi connectivity index (χ4n) is 3.39. The van der Waals surface area contributed by atoms with Gasteiger partial charge in [0.2, 0.25) is 14.8 Å². The van der Waals surface area contributed by atoms with Crippen molar-refractivity contribution in [3.8, 4) is 5.75 Å². The van der Waals surface area contributed by atoms with Gasteiger partial charge in [-0.2, -0.15) is 0 Å². The first-order valence-electron chi connectivity index (χ1n) is 10.1. The highest BCUT2D eigenvalue weighted by Gasteiger charge is 2.30. The summed E-state index contributed by atoms with van der Waals surface area (Å²) in [5.74, 6) is 0.0874. The van der Waals surface area contributed by atoms with Crippen LogP contribution in [-0.4, -0.2) is 41.9 Å². The Balaban J connectivity index is 1.63. The second-order valence-corrected chi connectivity index (χ2v) is 12.2. The lowest BCUT2D eigenvalue weighted by atomic mass is 10.1. The Morgan fingerprint density at radius 3 is 2.82 bits per heavy atom. The van der Waals surface area contributed by atoms with E-state index in [0.717, 1.165) is 10.8 Å². The van der Waals surface area contributed by atoms with Gasteiger partial charge in [0.15, 0.2) is 0 Å². The normalized spacial score (nSPS) is 17.1. The molecule has 2 heterocycles. The lowest BCUT2D eigenvalue weighted by Gasteiger charge is -2.15. The Morgan fingerprint density at radius 2 is 2.12 bits per heavy atom. The van der Waals surface area contributed by atoms with Crippen molar-refractivity contribution < 1.29 is 22.3 Å². The highest BCUT2D eigenvalue weighted by Crippen LogP contribution is 2.36. The number of aromatic nitrogens is 2. The van der Waals surface area contributed by atoms with Crippen molar-refractivity contribution in [3.63, 3.8) is 0 Å². The predicted octanol–water partition coefficient (Wildman–Crippen LogP) is 4.73. The molecule has 1 aliphatic rings. The van der Waals surface area contributed by atoms with Gasteiger partial charge in [0.25, 0.3) is 0 Å². The third-order valence-corrected chi connectivity index (χ3v) is 9.07. The number of fused-ring (bicyclic) bond motifs is 1. The fourth-order valence-corrected chi connectivity index (χ4v) is 7.55. The number of carbonyl (C=O) groups is 1. The molecule has 0 bridgehead atoms. The number of benzene rings is 2. The highest BCUT2D eigenvalue weighted by atomic mass is 35.5. The van der Waals surface area contributed by atoms with Crippen molar-refractivity contribution >= 4 is 65.3 Å². The molecular weight excluding hydrogens is 491 g/mol. The molecule has 1 unspecified atom stereocenters. The monoisotopic (exact) mass is 510 g/mol. The van der Waals surface area contributed by atoms with Crippen LogP contribution in [0.1, 0.15) is 19.8 Å². The maximum atomic E-state index is 13.5. The van der Waals surface area contributed by atoms with Crippen LogP contribution in [0.4, 0.5) is 21.6 Å². The number of carbonyl (C=O) groups excluding carboxylic acids is 1. The zero-order chi connectivity index (χ0) is 23.6. The van der Waals surface area contributed by atoms with Gasteiger partial charge in [-0.1, -0.05) is 11.6 Å². The van der Waals surface area contributed by atoms with Crippen LogP contribution in [0.2, 0.25) is 5.02 Å². The van der Waals surface area contributed by atoms with Crippen molar-refractivity contribution in [2.24, 2.45) is 0 Å². The molecule has 1 atom stereocenters. The number of hydrogen-bond acceptors (Lipinski definition) is 8. The van der Waals surface area contributed by atoms with E-state index in [0.29, 0.717) is 46.9 Å². The first kappa shape index (κ1) is 23.5. The lowest BCUT2D eigenvalue weighted by molar-refractivity contribution is -0.116. The third-order valence-electron chi connectivity index (χ3n) is 4.88. The summed E-state index contributed by atoms with van der Waals surface area (Å²) in [4.78, 5) is 21.2. The summed E-state index contributed by atoms with van der Waals surface area (Å²) in [5, 5.41) is 6.19. The van der Waals surface area contributed by atoms with Gasteiger partial charge in [-0.15, -0.1) is 0 Å². The van der Waals surface area contributed by atoms with E-state index in [4.69, 9.17) is 16.3 Å². The zero-order valence-electron chi connectivity index (χ0n) is 17.5. The van der Waals surface area contributed by atoms with Crippen LogP contribution in [0.3, 0.4) is 0 Å². The van der Waals surface area contributed by atoms with Crippen LogP contribution in [0.5, 0.6) is 5.75 Å². The van der Waals surface area contributed by atoms with Gasteiger partial charge >= 0.3 is 0 Å². The molecule has 0 radical (unpaired) electrons. The number of nitrogens with one attached hydrogen (secondary N) is 2. The van der Waals surface area contributed by atoms with Crippen LogP contribution in [-0.2, 0) is 13.7 Å². The SMILES string of the molecule is CCOc1cc2ncnc(Nc3ccc(F)c(Cl)c3)c2cc1NC(=O)CC1CCS(=O)(=O)S1. The van der Waals surface area contributed by atoms with Crippen molar-refractivity contribution in [3.05, 3.63) is 47.5 Å². The summed E-state index contributed by atoms with van der Waals surface area (Å²) in [7, 11) is -2.30. The predicted molar refractivity (Wildman–Crippen MR) is 128 cm³/mol. The van der Waals surface area contributed by atoms with E-state index in [1.165, 1.54) is 24.5 Å². The molecule has 2 aromatic carbocycles. The molecule has 33 heavy (non-hydrogen) atoms. The van der Waals surface area contributed by atoms with Gasteiger partial charge in [-0.25, -0.2) is 22.8 Å². The first-order valence-corrected chi connectivity index (χ1v) is 13.5. The topological polar surface area (TPSA) is 110 Å². The molecule has 12 heteroatoms. The van der Waals surface area contributed by atoms with Crippen LogP contribution in [0, 0.1) is 5.82 Å². The Labute approximate surface area is 198 Å². The zero-order valence-corrected chi connectivity index (χ0v) is 19.9. The lowest BCUT2D eigenvalue weighted by Crippen LogP contribution is -2.17. The van der Waals surface area contributed by atoms with E-state index in [2.05, 4.69) is 20.6 Å². The molecule has 3 aromatic rings. The fraction of sp³-hybridized carbons (Fsp3) is 0.286. The summed E-state index contributed by atoms with van der Waals surface area (Å²) in [5.41, 5.74) is 1.51. The molecule has 2 N–H and O–H groups in total. The van der Waals surface area contributed by atoms with Crippen LogP contribution in [0.15, 0.2) is 36.7 Å². The quantitative estimate of drug-likeness (QED) is 0.439. The van der Waals surface area contributed by atoms with Gasteiger partial charge in [-0.05, 0) is 48.4 Å². The van der Waals surface area contributed by atoms with Gasteiger partial charge < -0.3 is 15.4 Å². The molecule has 1 amide bonds. The van der Waals surface area contributed by atoms with Crippen molar-refractivity contribution in [2.75, 3.05) is 23.0 Å². The first-order chi connectivity index (χ1) is 15.7. The number of rotatable bonds is 7. The minimum absolute atomic E-state index is 0.0308. The molecule has 0 spiro atoms. The molecule has 8 nitrogen and oxygen atoms in total. The molecule has 0 aliphatic carbocycles. The standard InChI is InChI=1S/C21H20ClFN4O4S2/c1-2-31-19-10-17-14(9-18(19)27-20(28)8-13-5-6-33(29,30)32-13)21(25-11-24-17)26-12-3-4-16(23)15(22)7-12/h3-4,7,9-11,13H,2,5-6,8H2,1H3,(H,27,28)(H,24,25,26). The average Bonchev–Trinajstić information content (AvgIpc) is 3.09. The molecule has 1 saturated heterocycles. The van der Waals surface area contributed by atoms with E-state index in [-0.39, 0.29) is 28.4 Å². The Morgan fingerprint density at radius 1 is 1.30 bits per heavy atom. The molecule has 1 fully saturated rings. The Kier molecular flexibility index (Phi) is 6.91. The van der Waals surface area contributed by atoms with Crippen LogP contribution in [0.25, 0.3) is 10.9 Å². The number of hydrogen-bond donors (Lipinski definition) is 2. The van der Waals surface area contributed by atoms with Gasteiger partial charge in [0.05, 0.1) is 28.6 Å². The summed E-state index contributed by atoms with van der Waals surface area (Å²) in [6.07, 6.45) is 1.89. The summed E-state index contributed by atoms with van der Waals surface area (Å²) in [6, 6.07) is 7.58. The van der Waals surface area contributed by atoms with Crippen molar-refractivity contribution in [1.82, 2.24) is 9.97 Å². The minimum Gasteiger partial charge on any atom is -0.492 e. The number of amides is 1. The summed E-state index contributed by atoms with van der Waals surface area (Å²) in [6.45, 7) is 2.19. The third kappa shape index (κ3) is 5.66. The second kappa shape index (κ2) is 9.70. The maximum absolute atomic E-state index is 13.5. The highest BCUT2D eigenvalue weighted by molar-refractivity contribution is 8.72. The van der Waals surface area contributed by atoms with E-state index in [1.54, 1.807) is 12.1 Å². The molecule has 0 saturated carbocycles. The smallest absolute Gasteiger partial charge is 0.225 e. The van der Waals surface area contributed by atoms with Crippen molar-refractivity contribution in [1.29, 1.82) is 0 Å². The van der Waals surface area contributed by atoms with E-state index < -0.39 is 14.7 Å². The second-order valence-electron chi connectivity index (χ2n) is 7.30. The number of nitrogens with zero attached hydrogens (tertiary/aromatic N) is 2. The summed E-state index contributed by atoms with van der Waals surface area (Å²) < 4.78 is 42.5. The van der Waals surface area contributed by atoms with Crippen LogP contribution >= 0.6 is 22.4 Å². The molecule has 1 aliphatic heterocycles. The molecule has 4 rings (SSSR count). The van der Waals surface area contributed by atoms with E-state index in [1.807, 2.05) is 6.92 Å². The Hall–Kier alpha value is -2.63. The van der Waals surface area contributed by atoms with Gasteiger partial charge in [0.1, 0.15) is 23.7 Å². The number of anilines is 3. The molecule has 1 aromatic heterocycles. The molecular formula is C21H20ClFN4O4S2. The largest absolute Gasteiger partial charge is 0.492 e. The number of halogens is 2. The van der Waals surface area contributed by atoms with Crippen LogP contribution < -0.4 is 15.4 Å². The van der Waals surface area contributed by atoms with Gasteiger partial charge in [0, 0.05) is 28.8 Å². The maximum Gasteiger partial charge on any atom is 0.225 e. The van der Waals surface area contributed by atoms with E-state index in [9.17, 15) is 17.6 Å². The summed E-state index contributed by atoms with van der Waals surface area (Å²) >= 11 is 5.87. The van der Waals surface area contributed by atoms with Gasteiger partial charge in [-0.3, -0.25) is 4.79 Å². The van der Waals surface area contributed by atoms with Crippen molar-refractivity contribution in [2.45, 2.75) is 25.0 Å². The average molecular weight is 511 g/mol. The minimum atomic E-state index is -3.15. The van der Waals surface area contributed by atoms with E-state index >= 15 is 0 Å².